The van der Waals surface area contributed by atoms with Crippen LogP contribution in [-0.2, 0) is 6.54 Å². The Hall–Kier alpha value is -2.17. The van der Waals surface area contributed by atoms with E-state index >= 15 is 0 Å². The molecule has 0 aliphatic rings. The van der Waals surface area contributed by atoms with E-state index in [1.54, 1.807) is 12.1 Å². The smallest absolute Gasteiger partial charge is 0.194 e. The standard InChI is InChI=1S/C16H16F3NO/c1-10(2)21-15-6-4-3-5-14(15)20-9-11-7-12(17)16(19)13(18)8-11/h3-8,10,20H,9H2,1-2H3. The van der Waals surface area contributed by atoms with Gasteiger partial charge in [-0.2, -0.15) is 0 Å². The molecule has 0 saturated carbocycles. The van der Waals surface area contributed by atoms with Gasteiger partial charge in [0.25, 0.3) is 0 Å². The van der Waals surface area contributed by atoms with Gasteiger partial charge in [-0.15, -0.1) is 0 Å². The van der Waals surface area contributed by atoms with Crippen molar-refractivity contribution in [3.05, 3.63) is 59.4 Å². The molecule has 1 N–H and O–H groups in total. The Balaban J connectivity index is 2.13. The van der Waals surface area contributed by atoms with E-state index in [0.29, 0.717) is 17.0 Å². The molecule has 2 nitrogen and oxygen atoms in total. The Morgan fingerprint density at radius 1 is 1.05 bits per heavy atom. The fourth-order valence-electron chi connectivity index (χ4n) is 1.88. The van der Waals surface area contributed by atoms with Crippen molar-refractivity contribution in [2.24, 2.45) is 0 Å². The average molecular weight is 295 g/mol. The molecule has 21 heavy (non-hydrogen) atoms. The maximum Gasteiger partial charge on any atom is 0.194 e. The van der Waals surface area contributed by atoms with Gasteiger partial charge in [0.15, 0.2) is 17.5 Å². The summed E-state index contributed by atoms with van der Waals surface area (Å²) in [5.74, 6) is -3.20. The first-order valence-corrected chi connectivity index (χ1v) is 6.60. The van der Waals surface area contributed by atoms with E-state index in [4.69, 9.17) is 4.74 Å². The predicted molar refractivity (Wildman–Crippen MR) is 75.8 cm³/mol. The van der Waals surface area contributed by atoms with Gasteiger partial charge >= 0.3 is 0 Å². The molecule has 0 spiro atoms. The first-order chi connectivity index (χ1) is 9.97. The number of ether oxygens (including phenoxy) is 1. The van der Waals surface area contributed by atoms with Crippen LogP contribution in [0.3, 0.4) is 0 Å². The Morgan fingerprint density at radius 3 is 2.29 bits per heavy atom. The highest BCUT2D eigenvalue weighted by Gasteiger charge is 2.11. The highest BCUT2D eigenvalue weighted by atomic mass is 19.2. The van der Waals surface area contributed by atoms with E-state index < -0.39 is 17.5 Å². The molecule has 0 unspecified atom stereocenters. The number of nitrogens with one attached hydrogen (secondary N) is 1. The van der Waals surface area contributed by atoms with Gasteiger partial charge < -0.3 is 10.1 Å². The Morgan fingerprint density at radius 2 is 1.67 bits per heavy atom. The van der Waals surface area contributed by atoms with Crippen LogP contribution in [0, 0.1) is 17.5 Å². The van der Waals surface area contributed by atoms with Crippen LogP contribution in [-0.4, -0.2) is 6.10 Å². The molecule has 0 radical (unpaired) electrons. The molecule has 0 atom stereocenters. The summed E-state index contributed by atoms with van der Waals surface area (Å²) in [6.45, 7) is 3.97. The van der Waals surface area contributed by atoms with Crippen molar-refractivity contribution in [3.63, 3.8) is 0 Å². The van der Waals surface area contributed by atoms with Gasteiger partial charge in [0.2, 0.25) is 0 Å². The van der Waals surface area contributed by atoms with Crippen LogP contribution in [0.2, 0.25) is 0 Å². The third-order valence-corrected chi connectivity index (χ3v) is 2.78. The molecule has 0 aromatic heterocycles. The third kappa shape index (κ3) is 3.90. The number of halogens is 3. The van der Waals surface area contributed by atoms with Crippen molar-refractivity contribution in [2.45, 2.75) is 26.5 Å². The summed E-state index contributed by atoms with van der Waals surface area (Å²) in [7, 11) is 0. The van der Waals surface area contributed by atoms with Crippen molar-refractivity contribution < 1.29 is 17.9 Å². The van der Waals surface area contributed by atoms with Crippen LogP contribution in [0.25, 0.3) is 0 Å². The Bertz CT molecular complexity index is 606. The van der Waals surface area contributed by atoms with Crippen LogP contribution in [0.1, 0.15) is 19.4 Å². The lowest BCUT2D eigenvalue weighted by Crippen LogP contribution is -2.09. The molecule has 0 heterocycles. The quantitative estimate of drug-likeness (QED) is 0.820. The molecule has 2 rings (SSSR count). The van der Waals surface area contributed by atoms with E-state index in [0.717, 1.165) is 12.1 Å². The summed E-state index contributed by atoms with van der Waals surface area (Å²) in [5, 5.41) is 3.03. The second-order valence-electron chi connectivity index (χ2n) is 4.89. The molecule has 0 bridgehead atoms. The number of para-hydroxylation sites is 2. The molecule has 0 fully saturated rings. The van der Waals surface area contributed by atoms with Crippen LogP contribution in [0.15, 0.2) is 36.4 Å². The molecule has 0 aliphatic heterocycles. The van der Waals surface area contributed by atoms with Gasteiger partial charge in [0.1, 0.15) is 5.75 Å². The maximum atomic E-state index is 13.1. The predicted octanol–water partition coefficient (Wildman–Crippen LogP) is 4.50. The molecule has 5 heteroatoms. The minimum absolute atomic E-state index is 0.00802. The van der Waals surface area contributed by atoms with Crippen molar-refractivity contribution in [3.8, 4) is 5.75 Å². The number of rotatable bonds is 5. The lowest BCUT2D eigenvalue weighted by Gasteiger charge is -2.15. The summed E-state index contributed by atoms with van der Waals surface area (Å²) in [4.78, 5) is 0. The lowest BCUT2D eigenvalue weighted by molar-refractivity contribution is 0.243. The fraction of sp³-hybridized carbons (Fsp3) is 0.250. The third-order valence-electron chi connectivity index (χ3n) is 2.78. The zero-order chi connectivity index (χ0) is 15.4. The summed E-state index contributed by atoms with van der Waals surface area (Å²) in [6.07, 6.45) is 0.00802. The number of hydrogen-bond donors (Lipinski definition) is 1. The van der Waals surface area contributed by atoms with Crippen molar-refractivity contribution in [1.82, 2.24) is 0 Å². The van der Waals surface area contributed by atoms with E-state index in [1.807, 2.05) is 26.0 Å². The van der Waals surface area contributed by atoms with Gasteiger partial charge in [-0.25, -0.2) is 13.2 Å². The monoisotopic (exact) mass is 295 g/mol. The molecule has 2 aromatic carbocycles. The Labute approximate surface area is 121 Å². The average Bonchev–Trinajstić information content (AvgIpc) is 2.43. The van der Waals surface area contributed by atoms with Crippen LogP contribution < -0.4 is 10.1 Å². The van der Waals surface area contributed by atoms with Gasteiger partial charge in [-0.1, -0.05) is 12.1 Å². The minimum Gasteiger partial charge on any atom is -0.489 e. The first-order valence-electron chi connectivity index (χ1n) is 6.60. The molecular weight excluding hydrogens is 279 g/mol. The molecular formula is C16H16F3NO. The van der Waals surface area contributed by atoms with Gasteiger partial charge in [0.05, 0.1) is 11.8 Å². The molecule has 0 aliphatic carbocycles. The second kappa shape index (κ2) is 6.52. The van der Waals surface area contributed by atoms with E-state index in [-0.39, 0.29) is 12.6 Å². The molecule has 0 saturated heterocycles. The Kier molecular flexibility index (Phi) is 4.73. The van der Waals surface area contributed by atoms with E-state index in [2.05, 4.69) is 5.32 Å². The highest BCUT2D eigenvalue weighted by molar-refractivity contribution is 5.56. The van der Waals surface area contributed by atoms with Gasteiger partial charge in [-0.3, -0.25) is 0 Å². The largest absolute Gasteiger partial charge is 0.489 e. The van der Waals surface area contributed by atoms with E-state index in [1.165, 1.54) is 0 Å². The van der Waals surface area contributed by atoms with Gasteiger partial charge in [0, 0.05) is 6.54 Å². The minimum atomic E-state index is -1.46. The normalized spacial score (nSPS) is 10.8. The van der Waals surface area contributed by atoms with Crippen molar-refractivity contribution in [2.75, 3.05) is 5.32 Å². The summed E-state index contributed by atoms with van der Waals surface area (Å²) in [6, 6.07) is 9.19. The molecule has 2 aromatic rings. The van der Waals surface area contributed by atoms with Crippen LogP contribution >= 0.6 is 0 Å². The highest BCUT2D eigenvalue weighted by Crippen LogP contribution is 2.25. The van der Waals surface area contributed by atoms with E-state index in [9.17, 15) is 13.2 Å². The summed E-state index contributed by atoms with van der Waals surface area (Å²) < 4.78 is 44.8. The maximum absolute atomic E-state index is 13.1. The lowest BCUT2D eigenvalue weighted by atomic mass is 10.2. The number of hydrogen-bond acceptors (Lipinski definition) is 2. The van der Waals surface area contributed by atoms with Crippen LogP contribution in [0.4, 0.5) is 18.9 Å². The summed E-state index contributed by atoms with van der Waals surface area (Å²) >= 11 is 0. The van der Waals surface area contributed by atoms with Gasteiger partial charge in [-0.05, 0) is 43.7 Å². The number of benzene rings is 2. The SMILES string of the molecule is CC(C)Oc1ccccc1NCc1cc(F)c(F)c(F)c1. The zero-order valence-electron chi connectivity index (χ0n) is 11.8. The molecule has 0 amide bonds. The number of anilines is 1. The van der Waals surface area contributed by atoms with Crippen molar-refractivity contribution in [1.29, 1.82) is 0 Å². The topological polar surface area (TPSA) is 21.3 Å². The fourth-order valence-corrected chi connectivity index (χ4v) is 1.88. The van der Waals surface area contributed by atoms with Crippen molar-refractivity contribution >= 4 is 5.69 Å². The summed E-state index contributed by atoms with van der Waals surface area (Å²) in [5.41, 5.74) is 1.02. The molecule has 112 valence electrons. The first kappa shape index (κ1) is 15.2. The zero-order valence-corrected chi connectivity index (χ0v) is 11.8. The van der Waals surface area contributed by atoms with Crippen LogP contribution in [0.5, 0.6) is 5.75 Å². The second-order valence-corrected chi connectivity index (χ2v) is 4.89.